The summed E-state index contributed by atoms with van der Waals surface area (Å²) in [6.07, 6.45) is -4.82. The number of thiazole rings is 1. The standard InChI is InChI=1S/C21H19F3N2O4S/c1-26(10-15-5-3-4-6-17(15)30-21(22,23)24)20(27)14-7-8-18(19(9-14)28-2)29-11-16-12-31-13-25-16/h3-9,12-13H,10-11H2,1-2H3. The van der Waals surface area contributed by atoms with Crippen LogP contribution in [0, 0.1) is 0 Å². The Balaban J connectivity index is 1.72. The van der Waals surface area contributed by atoms with Gasteiger partial charge in [0, 0.05) is 30.1 Å². The van der Waals surface area contributed by atoms with E-state index < -0.39 is 12.3 Å². The number of rotatable bonds is 8. The lowest BCUT2D eigenvalue weighted by molar-refractivity contribution is -0.275. The largest absolute Gasteiger partial charge is 0.573 e. The molecule has 1 amide bonds. The van der Waals surface area contributed by atoms with Gasteiger partial charge in [-0.1, -0.05) is 18.2 Å². The second-order valence-corrected chi connectivity index (χ2v) is 7.17. The number of nitrogens with zero attached hydrogens (tertiary/aromatic N) is 2. The van der Waals surface area contributed by atoms with Crippen LogP contribution in [0.3, 0.4) is 0 Å². The number of benzene rings is 2. The Bertz CT molecular complexity index is 1030. The minimum Gasteiger partial charge on any atom is -0.493 e. The quantitative estimate of drug-likeness (QED) is 0.487. The average Bonchev–Trinajstić information content (AvgIpc) is 3.25. The lowest BCUT2D eigenvalue weighted by atomic mass is 10.1. The number of carbonyl (C=O) groups is 1. The van der Waals surface area contributed by atoms with E-state index in [1.54, 1.807) is 23.7 Å². The van der Waals surface area contributed by atoms with Crippen LogP contribution in [0.4, 0.5) is 13.2 Å². The Morgan fingerprint density at radius 3 is 2.58 bits per heavy atom. The SMILES string of the molecule is COc1cc(C(=O)N(C)Cc2ccccc2OC(F)(F)F)ccc1OCc1cscn1. The van der Waals surface area contributed by atoms with Crippen molar-refractivity contribution in [3.63, 3.8) is 0 Å². The minimum atomic E-state index is -4.82. The van der Waals surface area contributed by atoms with Crippen LogP contribution in [0.5, 0.6) is 17.2 Å². The topological polar surface area (TPSA) is 60.9 Å². The van der Waals surface area contributed by atoms with Crippen molar-refractivity contribution in [3.8, 4) is 17.2 Å². The lowest BCUT2D eigenvalue weighted by Gasteiger charge is -2.20. The number of halogens is 3. The number of hydrogen-bond donors (Lipinski definition) is 0. The van der Waals surface area contributed by atoms with E-state index in [0.717, 1.165) is 5.69 Å². The average molecular weight is 452 g/mol. The van der Waals surface area contributed by atoms with Crippen LogP contribution in [-0.4, -0.2) is 36.3 Å². The number of hydrogen-bond acceptors (Lipinski definition) is 6. The molecule has 10 heteroatoms. The van der Waals surface area contributed by atoms with Gasteiger partial charge in [0.2, 0.25) is 0 Å². The molecule has 3 aromatic rings. The zero-order valence-corrected chi connectivity index (χ0v) is 17.5. The van der Waals surface area contributed by atoms with Crippen LogP contribution in [0.15, 0.2) is 53.4 Å². The summed E-state index contributed by atoms with van der Waals surface area (Å²) in [5.74, 6) is 0.0538. The molecule has 0 aliphatic heterocycles. The summed E-state index contributed by atoms with van der Waals surface area (Å²) in [5.41, 5.74) is 3.00. The Kier molecular flexibility index (Phi) is 7.01. The molecule has 6 nitrogen and oxygen atoms in total. The van der Waals surface area contributed by atoms with Gasteiger partial charge in [0.25, 0.3) is 5.91 Å². The number of carbonyl (C=O) groups excluding carboxylic acids is 1. The molecule has 1 aromatic heterocycles. The Hall–Kier alpha value is -3.27. The fraction of sp³-hybridized carbons (Fsp3) is 0.238. The third-order valence-corrected chi connectivity index (χ3v) is 4.86. The molecule has 3 rings (SSSR count). The van der Waals surface area contributed by atoms with Gasteiger partial charge in [0.15, 0.2) is 11.5 Å². The molecule has 0 N–H and O–H groups in total. The fourth-order valence-electron chi connectivity index (χ4n) is 2.79. The second kappa shape index (κ2) is 9.69. The summed E-state index contributed by atoms with van der Waals surface area (Å²) in [5, 5.41) is 1.86. The van der Waals surface area contributed by atoms with Gasteiger partial charge < -0.3 is 19.1 Å². The zero-order chi connectivity index (χ0) is 22.4. The summed E-state index contributed by atoms with van der Waals surface area (Å²) in [4.78, 5) is 18.3. The van der Waals surface area contributed by atoms with Crippen molar-refractivity contribution < 1.29 is 32.2 Å². The zero-order valence-electron chi connectivity index (χ0n) is 16.7. The normalized spacial score (nSPS) is 11.1. The van der Waals surface area contributed by atoms with E-state index in [2.05, 4.69) is 9.72 Å². The van der Waals surface area contributed by atoms with Gasteiger partial charge in [-0.05, 0) is 24.3 Å². The third kappa shape index (κ3) is 6.11. The molecule has 1 heterocycles. The summed E-state index contributed by atoms with van der Waals surface area (Å²) in [7, 11) is 2.94. The Morgan fingerprint density at radius 2 is 1.90 bits per heavy atom. The predicted octanol–water partition coefficient (Wildman–Crippen LogP) is 4.90. The van der Waals surface area contributed by atoms with Gasteiger partial charge >= 0.3 is 6.36 Å². The monoisotopic (exact) mass is 452 g/mol. The highest BCUT2D eigenvalue weighted by Crippen LogP contribution is 2.30. The highest BCUT2D eigenvalue weighted by atomic mass is 32.1. The summed E-state index contributed by atoms with van der Waals surface area (Å²) in [6.45, 7) is 0.179. The van der Waals surface area contributed by atoms with E-state index in [0.29, 0.717) is 17.1 Å². The van der Waals surface area contributed by atoms with Crippen LogP contribution in [0.25, 0.3) is 0 Å². The molecule has 0 fully saturated rings. The molecule has 0 saturated carbocycles. The number of para-hydroxylation sites is 1. The van der Waals surface area contributed by atoms with Crippen molar-refractivity contribution in [2.24, 2.45) is 0 Å². The molecule has 0 aliphatic carbocycles. The molecule has 0 aliphatic rings. The molecule has 164 valence electrons. The van der Waals surface area contributed by atoms with Crippen molar-refractivity contribution >= 4 is 17.2 Å². The predicted molar refractivity (Wildman–Crippen MR) is 108 cm³/mol. The molecule has 0 radical (unpaired) electrons. The maximum atomic E-state index is 12.8. The van der Waals surface area contributed by atoms with Gasteiger partial charge in [-0.25, -0.2) is 4.98 Å². The minimum absolute atomic E-state index is 0.0739. The highest BCUT2D eigenvalue weighted by molar-refractivity contribution is 7.07. The van der Waals surface area contributed by atoms with Gasteiger partial charge in [0.1, 0.15) is 12.4 Å². The van der Waals surface area contributed by atoms with Gasteiger partial charge in [-0.3, -0.25) is 4.79 Å². The molecule has 0 saturated heterocycles. The molecular formula is C21H19F3N2O4S. The lowest BCUT2D eigenvalue weighted by Crippen LogP contribution is -2.27. The van der Waals surface area contributed by atoms with Crippen LogP contribution in [0.2, 0.25) is 0 Å². The van der Waals surface area contributed by atoms with Crippen LogP contribution in [-0.2, 0) is 13.2 Å². The van der Waals surface area contributed by atoms with Crippen molar-refractivity contribution in [1.82, 2.24) is 9.88 Å². The van der Waals surface area contributed by atoms with E-state index in [4.69, 9.17) is 9.47 Å². The number of alkyl halides is 3. The first-order valence-corrected chi connectivity index (χ1v) is 9.98. The number of aromatic nitrogens is 1. The van der Waals surface area contributed by atoms with Gasteiger partial charge in [0.05, 0.1) is 18.3 Å². The van der Waals surface area contributed by atoms with E-state index in [1.165, 1.54) is 54.7 Å². The number of amides is 1. The van der Waals surface area contributed by atoms with Crippen LogP contribution < -0.4 is 14.2 Å². The smallest absolute Gasteiger partial charge is 0.493 e. The highest BCUT2D eigenvalue weighted by Gasteiger charge is 2.32. The summed E-state index contributed by atoms with van der Waals surface area (Å²) >= 11 is 1.45. The molecule has 0 spiro atoms. The molecule has 0 bridgehead atoms. The Morgan fingerprint density at radius 1 is 1.13 bits per heavy atom. The summed E-state index contributed by atoms with van der Waals surface area (Å²) < 4.78 is 52.9. The first-order valence-electron chi connectivity index (χ1n) is 9.04. The third-order valence-electron chi connectivity index (χ3n) is 4.22. The first kappa shape index (κ1) is 22.4. The molecule has 0 atom stereocenters. The van der Waals surface area contributed by atoms with Crippen molar-refractivity contribution in [1.29, 1.82) is 0 Å². The fourth-order valence-corrected chi connectivity index (χ4v) is 3.33. The van der Waals surface area contributed by atoms with E-state index >= 15 is 0 Å². The Labute approximate surface area is 180 Å². The first-order chi connectivity index (χ1) is 14.8. The molecule has 31 heavy (non-hydrogen) atoms. The molecule has 2 aromatic carbocycles. The van der Waals surface area contributed by atoms with E-state index in [-0.39, 0.29) is 24.5 Å². The maximum Gasteiger partial charge on any atom is 0.573 e. The van der Waals surface area contributed by atoms with Gasteiger partial charge in [-0.15, -0.1) is 24.5 Å². The van der Waals surface area contributed by atoms with Crippen LogP contribution >= 0.6 is 11.3 Å². The molecule has 0 unspecified atom stereocenters. The van der Waals surface area contributed by atoms with Crippen molar-refractivity contribution in [2.45, 2.75) is 19.5 Å². The maximum absolute atomic E-state index is 12.8. The summed E-state index contributed by atoms with van der Waals surface area (Å²) in [6, 6.07) is 10.4. The van der Waals surface area contributed by atoms with Crippen molar-refractivity contribution in [2.75, 3.05) is 14.2 Å². The van der Waals surface area contributed by atoms with E-state index in [1.807, 2.05) is 5.38 Å². The second-order valence-electron chi connectivity index (χ2n) is 6.45. The number of ether oxygens (including phenoxy) is 3. The number of methoxy groups -OCH3 is 1. The molecular weight excluding hydrogens is 433 g/mol. The van der Waals surface area contributed by atoms with Crippen LogP contribution in [0.1, 0.15) is 21.6 Å². The van der Waals surface area contributed by atoms with Crippen molar-refractivity contribution in [3.05, 3.63) is 70.2 Å². The van der Waals surface area contributed by atoms with Gasteiger partial charge in [-0.2, -0.15) is 0 Å². The van der Waals surface area contributed by atoms with E-state index in [9.17, 15) is 18.0 Å².